The van der Waals surface area contributed by atoms with Gasteiger partial charge in [0.2, 0.25) is 6.43 Å². The summed E-state index contributed by atoms with van der Waals surface area (Å²) in [5, 5.41) is 0. The first-order valence-electron chi connectivity index (χ1n) is 2.65. The zero-order chi connectivity index (χ0) is 7.56. The van der Waals surface area contributed by atoms with E-state index >= 15 is 0 Å². The summed E-state index contributed by atoms with van der Waals surface area (Å²) in [4.78, 5) is 0. The van der Waals surface area contributed by atoms with Gasteiger partial charge in [-0.1, -0.05) is 5.56 Å². The molecule has 1 rings (SSSR count). The molecule has 11 heavy (non-hydrogen) atoms. The molecule has 1 aromatic carbocycles. The van der Waals surface area contributed by atoms with Crippen molar-refractivity contribution in [1.29, 1.82) is 0 Å². The maximum atomic E-state index is 12.3. The second-order valence-corrected chi connectivity index (χ2v) is 1.75. The minimum Gasteiger partial charge on any atom is -0.235 e. The third-order valence-corrected chi connectivity index (χ3v) is 1.08. The summed E-state index contributed by atoms with van der Waals surface area (Å²) in [6.07, 6.45) is -2.75. The van der Waals surface area contributed by atoms with E-state index in [1.807, 2.05) is 0 Å². The van der Waals surface area contributed by atoms with E-state index in [9.17, 15) is 13.2 Å². The van der Waals surface area contributed by atoms with Crippen molar-refractivity contribution in [2.24, 2.45) is 0 Å². The largest absolute Gasteiger partial charge is 0.235 e. The Kier molecular flexibility index (Phi) is 4.94. The van der Waals surface area contributed by atoms with Gasteiger partial charge in [-0.3, -0.25) is 0 Å². The number of hydrogen-bond donors (Lipinski definition) is 0. The van der Waals surface area contributed by atoms with Crippen LogP contribution in [0.4, 0.5) is 13.2 Å². The topological polar surface area (TPSA) is 0 Å². The van der Waals surface area contributed by atoms with E-state index in [1.54, 1.807) is 0 Å². The van der Waals surface area contributed by atoms with Crippen LogP contribution in [0.15, 0.2) is 18.2 Å². The molecule has 0 saturated heterocycles. The minimum atomic E-state index is -2.75. The Hall–Kier alpha value is 0.114. The van der Waals surface area contributed by atoms with Crippen LogP contribution < -0.4 is 0 Å². The number of alkyl halides is 2. The molecule has 0 amide bonds. The summed E-state index contributed by atoms with van der Waals surface area (Å²) in [6.45, 7) is 0. The Labute approximate surface area is 87.7 Å². The molecular formula is C7H4F3Y-. The van der Waals surface area contributed by atoms with Crippen LogP contribution in [0.25, 0.3) is 0 Å². The molecular weight excluding hydrogens is 230 g/mol. The van der Waals surface area contributed by atoms with Crippen LogP contribution in [-0.2, 0) is 32.7 Å². The number of halogens is 3. The summed E-state index contributed by atoms with van der Waals surface area (Å²) in [5.41, 5.74) is -0.595. The van der Waals surface area contributed by atoms with Gasteiger partial charge in [0.05, 0.1) is 0 Å². The molecule has 0 saturated carbocycles. The maximum Gasteiger partial charge on any atom is 0.224 e. The SMILES string of the molecule is Fc1cc[c-]cc1C(F)F.[Y]. The molecule has 0 aliphatic heterocycles. The van der Waals surface area contributed by atoms with Gasteiger partial charge < -0.3 is 0 Å². The summed E-state index contributed by atoms with van der Waals surface area (Å²) < 4.78 is 35.9. The molecule has 0 aliphatic rings. The Bertz CT molecular complexity index is 225. The Morgan fingerprint density at radius 1 is 1.36 bits per heavy atom. The van der Waals surface area contributed by atoms with Crippen molar-refractivity contribution in [3.8, 4) is 0 Å². The monoisotopic (exact) mass is 234 g/mol. The molecule has 0 nitrogen and oxygen atoms in total. The maximum absolute atomic E-state index is 12.3. The van der Waals surface area contributed by atoms with Crippen molar-refractivity contribution < 1.29 is 45.9 Å². The number of benzene rings is 1. The van der Waals surface area contributed by atoms with Gasteiger partial charge >= 0.3 is 0 Å². The zero-order valence-corrected chi connectivity index (χ0v) is 8.36. The molecule has 1 aromatic rings. The number of hydrogen-bond acceptors (Lipinski definition) is 0. The molecule has 0 bridgehead atoms. The van der Waals surface area contributed by atoms with Gasteiger partial charge in [-0.25, -0.2) is 13.2 Å². The molecule has 0 heterocycles. The second kappa shape index (κ2) is 4.88. The molecule has 57 valence electrons. The molecule has 0 N–H and O–H groups in total. The van der Waals surface area contributed by atoms with Crippen LogP contribution in [0.1, 0.15) is 12.0 Å². The van der Waals surface area contributed by atoms with Gasteiger partial charge in [0.15, 0.2) is 0 Å². The summed E-state index contributed by atoms with van der Waals surface area (Å²) in [7, 11) is 0. The van der Waals surface area contributed by atoms with E-state index < -0.39 is 17.8 Å². The molecule has 4 heteroatoms. The fourth-order valence-electron chi connectivity index (χ4n) is 0.592. The third kappa shape index (κ3) is 2.91. The minimum absolute atomic E-state index is 0. The molecule has 1 radical (unpaired) electrons. The van der Waals surface area contributed by atoms with E-state index in [1.165, 1.54) is 6.07 Å². The Balaban J connectivity index is 0.000001000. The van der Waals surface area contributed by atoms with Crippen molar-refractivity contribution in [2.75, 3.05) is 0 Å². The smallest absolute Gasteiger partial charge is 0.224 e. The predicted octanol–water partition coefficient (Wildman–Crippen LogP) is 2.56. The Morgan fingerprint density at radius 3 is 2.36 bits per heavy atom. The van der Waals surface area contributed by atoms with Gasteiger partial charge in [-0.2, -0.15) is 18.2 Å². The van der Waals surface area contributed by atoms with Crippen molar-refractivity contribution in [3.05, 3.63) is 35.6 Å². The van der Waals surface area contributed by atoms with Crippen LogP contribution in [-0.4, -0.2) is 0 Å². The normalized spacial score (nSPS) is 9.45. The van der Waals surface area contributed by atoms with Crippen LogP contribution in [0.5, 0.6) is 0 Å². The van der Waals surface area contributed by atoms with Crippen LogP contribution in [0.2, 0.25) is 0 Å². The fraction of sp³-hybridized carbons (Fsp3) is 0.143. The molecule has 0 unspecified atom stereocenters. The summed E-state index contributed by atoms with van der Waals surface area (Å²) >= 11 is 0. The molecule has 0 spiro atoms. The standard InChI is InChI=1S/C7H4F3.Y/c8-6-4-2-1-3-5(6)7(9)10;/h2-4,7H;/q-1;. The van der Waals surface area contributed by atoms with Gasteiger partial charge in [-0.15, -0.1) is 6.07 Å². The van der Waals surface area contributed by atoms with E-state index in [-0.39, 0.29) is 32.7 Å². The van der Waals surface area contributed by atoms with E-state index in [4.69, 9.17) is 0 Å². The van der Waals surface area contributed by atoms with Gasteiger partial charge in [-0.05, 0) is 0 Å². The molecule has 0 atom stereocenters. The molecule has 0 aromatic heterocycles. The third-order valence-electron chi connectivity index (χ3n) is 1.08. The average Bonchev–Trinajstić information content (AvgIpc) is 1.88. The first-order valence-corrected chi connectivity index (χ1v) is 2.65. The fourth-order valence-corrected chi connectivity index (χ4v) is 0.592. The van der Waals surface area contributed by atoms with E-state index in [2.05, 4.69) is 6.07 Å². The zero-order valence-electron chi connectivity index (χ0n) is 5.52. The first-order chi connectivity index (χ1) is 4.72. The number of rotatable bonds is 1. The van der Waals surface area contributed by atoms with E-state index in [0.717, 1.165) is 12.1 Å². The van der Waals surface area contributed by atoms with Crippen molar-refractivity contribution in [2.45, 2.75) is 6.43 Å². The van der Waals surface area contributed by atoms with Crippen molar-refractivity contribution >= 4 is 0 Å². The second-order valence-electron chi connectivity index (χ2n) is 1.75. The summed E-state index contributed by atoms with van der Waals surface area (Å²) in [5.74, 6) is -0.881. The average molecular weight is 234 g/mol. The van der Waals surface area contributed by atoms with Crippen molar-refractivity contribution in [1.82, 2.24) is 0 Å². The van der Waals surface area contributed by atoms with E-state index in [0.29, 0.717) is 0 Å². The first kappa shape index (κ1) is 11.1. The predicted molar refractivity (Wildman–Crippen MR) is 30.2 cm³/mol. The molecule has 0 aliphatic carbocycles. The van der Waals surface area contributed by atoms with Crippen LogP contribution >= 0.6 is 0 Å². The summed E-state index contributed by atoms with van der Waals surface area (Å²) in [6, 6.07) is 5.52. The van der Waals surface area contributed by atoms with Gasteiger partial charge in [0.25, 0.3) is 0 Å². The van der Waals surface area contributed by atoms with Crippen LogP contribution in [0, 0.1) is 11.9 Å². The quantitative estimate of drug-likeness (QED) is 0.655. The van der Waals surface area contributed by atoms with Crippen molar-refractivity contribution in [3.63, 3.8) is 0 Å². The Morgan fingerprint density at radius 2 is 2.00 bits per heavy atom. The van der Waals surface area contributed by atoms with Crippen LogP contribution in [0.3, 0.4) is 0 Å². The van der Waals surface area contributed by atoms with Gasteiger partial charge in [0, 0.05) is 38.5 Å². The van der Waals surface area contributed by atoms with Gasteiger partial charge in [0.1, 0.15) is 0 Å². The molecule has 0 fully saturated rings.